The van der Waals surface area contributed by atoms with E-state index in [4.69, 9.17) is 9.73 Å². The molecule has 0 saturated carbocycles. The van der Waals surface area contributed by atoms with E-state index in [1.54, 1.807) is 49.2 Å². The molecule has 2 aromatic carbocycles. The van der Waals surface area contributed by atoms with Gasteiger partial charge in [0.15, 0.2) is 10.8 Å². The summed E-state index contributed by atoms with van der Waals surface area (Å²) in [5, 5.41) is 15.2. The molecule has 0 radical (unpaired) electrons. The highest BCUT2D eigenvalue weighted by Crippen LogP contribution is 2.37. The molecule has 46 heavy (non-hydrogen) atoms. The van der Waals surface area contributed by atoms with E-state index in [9.17, 15) is 23.9 Å². The van der Waals surface area contributed by atoms with E-state index in [0.717, 1.165) is 5.56 Å². The minimum absolute atomic E-state index is 0.0927. The van der Waals surface area contributed by atoms with Crippen molar-refractivity contribution in [3.05, 3.63) is 98.4 Å². The number of halogens is 1. The number of carboxylic acids is 1. The minimum atomic E-state index is -1.01. The van der Waals surface area contributed by atoms with E-state index >= 15 is 0 Å². The van der Waals surface area contributed by atoms with Crippen LogP contribution in [0.5, 0.6) is 0 Å². The molecular weight excluding hydrogens is 611 g/mol. The average molecular weight is 647 g/mol. The number of aliphatic imine (C=N–C) groups is 1. The Morgan fingerprint density at radius 1 is 1.17 bits per heavy atom. The molecule has 2 N–H and O–H groups in total. The number of aromatic nitrogens is 1. The van der Waals surface area contributed by atoms with Crippen LogP contribution in [0.1, 0.15) is 51.9 Å². The Morgan fingerprint density at radius 3 is 2.72 bits per heavy atom. The summed E-state index contributed by atoms with van der Waals surface area (Å²) in [6.07, 6.45) is 1.68. The molecule has 3 aliphatic rings. The van der Waals surface area contributed by atoms with Gasteiger partial charge in [0.05, 0.1) is 23.3 Å². The summed E-state index contributed by atoms with van der Waals surface area (Å²) in [6.45, 7) is 8.26. The number of carbonyl (C=O) groups is 3. The van der Waals surface area contributed by atoms with Crippen LogP contribution in [0.25, 0.3) is 0 Å². The number of carbonyl (C=O) groups excluding carboxylic acids is 2. The van der Waals surface area contributed by atoms with Crippen LogP contribution in [0, 0.1) is 12.7 Å². The predicted octanol–water partition coefficient (Wildman–Crippen LogP) is 4.21. The normalized spacial score (nSPS) is 21.6. The summed E-state index contributed by atoms with van der Waals surface area (Å²) in [5.74, 6) is -1.44. The lowest BCUT2D eigenvalue weighted by molar-refractivity contribution is -0.139. The molecule has 0 unspecified atom stereocenters. The molecule has 2 amide bonds. The third-order valence-electron chi connectivity index (χ3n) is 8.68. The Hall–Kier alpha value is -4.62. The smallest absolute Gasteiger partial charge is 0.338 e. The van der Waals surface area contributed by atoms with Crippen LogP contribution in [0.4, 0.5) is 9.18 Å². The average Bonchev–Trinajstić information content (AvgIpc) is 3.65. The molecule has 3 aromatic rings. The number of carboxylic acid groups (broad SMARTS) is 1. The highest BCUT2D eigenvalue weighted by atomic mass is 32.1. The Balaban J connectivity index is 1.30. The summed E-state index contributed by atoms with van der Waals surface area (Å²) in [5.41, 5.74) is 2.27. The van der Waals surface area contributed by atoms with Crippen LogP contribution in [-0.2, 0) is 16.1 Å². The maximum absolute atomic E-state index is 14.8. The molecule has 240 valence electrons. The van der Waals surface area contributed by atoms with Crippen LogP contribution in [0.15, 0.2) is 70.3 Å². The fourth-order valence-corrected chi connectivity index (χ4v) is 7.13. The number of esters is 1. The Bertz CT molecular complexity index is 1740. The molecule has 3 aliphatic heterocycles. The number of amidine groups is 1. The van der Waals surface area contributed by atoms with Gasteiger partial charge in [0.25, 0.3) is 0 Å². The highest BCUT2D eigenvalue weighted by Gasteiger charge is 2.49. The molecule has 0 bridgehead atoms. The molecule has 2 fully saturated rings. The van der Waals surface area contributed by atoms with E-state index in [0.29, 0.717) is 72.5 Å². The number of nitrogens with one attached hydrogen (secondary N) is 1. The number of hydrogen-bond acceptors (Lipinski definition) is 9. The molecule has 1 aromatic heterocycles. The zero-order chi connectivity index (χ0) is 32.6. The van der Waals surface area contributed by atoms with Crippen molar-refractivity contribution >= 4 is 35.1 Å². The molecule has 0 spiro atoms. The van der Waals surface area contributed by atoms with Crippen LogP contribution in [-0.4, -0.2) is 93.5 Å². The number of benzene rings is 2. The van der Waals surface area contributed by atoms with Crippen molar-refractivity contribution < 1.29 is 28.6 Å². The van der Waals surface area contributed by atoms with Gasteiger partial charge < -0.3 is 25.0 Å². The number of urea groups is 1. The molecule has 0 aliphatic carbocycles. The number of piperazine rings is 1. The van der Waals surface area contributed by atoms with Crippen LogP contribution in [0.3, 0.4) is 0 Å². The number of rotatable bonds is 9. The summed E-state index contributed by atoms with van der Waals surface area (Å²) >= 11 is 1.40. The SMILES string of the molecule is CCOC(=O)C1=C(CN2CCN3C(=O)N(Cc4cccc(C(=O)O)c4)C[C@]3(C)C2)NC(c2nccs2)=N[C@H]1c1cccc(F)c1C. The van der Waals surface area contributed by atoms with Gasteiger partial charge in [-0.3, -0.25) is 9.89 Å². The third-order valence-corrected chi connectivity index (χ3v) is 9.46. The number of hydrogen-bond donors (Lipinski definition) is 2. The van der Waals surface area contributed by atoms with E-state index < -0.39 is 23.5 Å². The second kappa shape index (κ2) is 12.6. The van der Waals surface area contributed by atoms with Gasteiger partial charge in [0, 0.05) is 56.5 Å². The third kappa shape index (κ3) is 5.99. The maximum Gasteiger partial charge on any atom is 0.338 e. The van der Waals surface area contributed by atoms with E-state index in [1.165, 1.54) is 23.5 Å². The number of nitrogens with zero attached hydrogens (tertiary/aromatic N) is 5. The van der Waals surface area contributed by atoms with Crippen molar-refractivity contribution in [2.45, 2.75) is 38.9 Å². The summed E-state index contributed by atoms with van der Waals surface area (Å²) in [7, 11) is 0. The van der Waals surface area contributed by atoms with Crippen molar-refractivity contribution in [2.24, 2.45) is 4.99 Å². The van der Waals surface area contributed by atoms with E-state index in [2.05, 4.69) is 15.2 Å². The van der Waals surface area contributed by atoms with Gasteiger partial charge in [-0.1, -0.05) is 24.3 Å². The van der Waals surface area contributed by atoms with E-state index in [-0.39, 0.29) is 24.0 Å². The maximum atomic E-state index is 14.8. The lowest BCUT2D eigenvalue weighted by Crippen LogP contribution is -2.60. The molecular formula is C33H35FN6O5S. The zero-order valence-corrected chi connectivity index (χ0v) is 26.6. The lowest BCUT2D eigenvalue weighted by atomic mass is 9.91. The summed E-state index contributed by atoms with van der Waals surface area (Å²) in [6, 6.07) is 10.5. The number of aromatic carboxylic acids is 1. The Labute approximate surface area is 270 Å². The first kappa shape index (κ1) is 31.4. The van der Waals surface area contributed by atoms with Crippen molar-refractivity contribution in [1.29, 1.82) is 0 Å². The van der Waals surface area contributed by atoms with Crippen LogP contribution >= 0.6 is 11.3 Å². The first-order valence-electron chi connectivity index (χ1n) is 15.1. The first-order valence-corrected chi connectivity index (χ1v) is 16.0. The van der Waals surface area contributed by atoms with Crippen molar-refractivity contribution in [1.82, 2.24) is 25.0 Å². The van der Waals surface area contributed by atoms with Crippen molar-refractivity contribution in [3.63, 3.8) is 0 Å². The molecule has 13 heteroatoms. The highest BCUT2D eigenvalue weighted by molar-refractivity contribution is 7.11. The van der Waals surface area contributed by atoms with Gasteiger partial charge in [-0.25, -0.2) is 23.8 Å². The Morgan fingerprint density at radius 2 is 1.98 bits per heavy atom. The van der Waals surface area contributed by atoms with Gasteiger partial charge in [-0.2, -0.15) is 0 Å². The fraction of sp³-hybridized carbons (Fsp3) is 0.364. The van der Waals surface area contributed by atoms with E-state index in [1.807, 2.05) is 23.3 Å². The van der Waals surface area contributed by atoms with Crippen molar-refractivity contribution in [2.75, 3.05) is 39.3 Å². The quantitative estimate of drug-likeness (QED) is 0.331. The lowest BCUT2D eigenvalue weighted by Gasteiger charge is -2.44. The standard InChI is InChI=1S/C33H35FN6O5S/c1-4-45-31(43)26-25(36-28(29-35-11-14-46-29)37-27(26)23-9-6-10-24(34)20(23)2)17-38-12-13-40-32(44)39(19-33(40,3)18-38)16-21-7-5-8-22(15-21)30(41)42/h5-11,14-15,27H,4,12-13,16-19H2,1-3H3,(H,36,37)(H,41,42)/t27-,33-/m0/s1. The second-order valence-electron chi connectivity index (χ2n) is 11.9. The Kier molecular flexibility index (Phi) is 8.62. The van der Waals surface area contributed by atoms with Gasteiger partial charge in [0.2, 0.25) is 0 Å². The minimum Gasteiger partial charge on any atom is -0.478 e. The predicted molar refractivity (Wildman–Crippen MR) is 170 cm³/mol. The van der Waals surface area contributed by atoms with Gasteiger partial charge >= 0.3 is 18.0 Å². The number of amides is 2. The van der Waals surface area contributed by atoms with Gasteiger partial charge in [-0.15, -0.1) is 11.3 Å². The molecule has 2 saturated heterocycles. The molecule has 4 heterocycles. The van der Waals surface area contributed by atoms with Gasteiger partial charge in [0.1, 0.15) is 11.9 Å². The number of fused-ring (bicyclic) bond motifs is 1. The molecule has 11 nitrogen and oxygen atoms in total. The van der Waals surface area contributed by atoms with Gasteiger partial charge in [-0.05, 0) is 55.7 Å². The number of ether oxygens (including phenoxy) is 1. The monoisotopic (exact) mass is 646 g/mol. The summed E-state index contributed by atoms with van der Waals surface area (Å²) < 4.78 is 20.3. The van der Waals surface area contributed by atoms with Crippen LogP contribution < -0.4 is 5.32 Å². The molecule has 6 rings (SSSR count). The molecule has 2 atom stereocenters. The first-order chi connectivity index (χ1) is 22.1. The zero-order valence-electron chi connectivity index (χ0n) is 25.8. The largest absolute Gasteiger partial charge is 0.478 e. The fourth-order valence-electron chi connectivity index (χ4n) is 6.54. The summed E-state index contributed by atoms with van der Waals surface area (Å²) in [4.78, 5) is 53.7. The van der Waals surface area contributed by atoms with Crippen molar-refractivity contribution in [3.8, 4) is 0 Å². The second-order valence-corrected chi connectivity index (χ2v) is 12.8. The topological polar surface area (TPSA) is 128 Å². The van der Waals surface area contributed by atoms with Crippen LogP contribution in [0.2, 0.25) is 0 Å². The number of thiazole rings is 1.